The number of nitrogens with zero attached hydrogens (tertiary/aromatic N) is 2. The van der Waals surface area contributed by atoms with Gasteiger partial charge in [-0.25, -0.2) is 4.98 Å². The van der Waals surface area contributed by atoms with E-state index < -0.39 is 6.04 Å². The Morgan fingerprint density at radius 3 is 2.29 bits per heavy atom. The number of aromatic amines is 1. The molecular weight excluding hydrogens is 600 g/mol. The number of hydrogen-bond acceptors (Lipinski definition) is 5. The van der Waals surface area contributed by atoms with E-state index in [0.717, 1.165) is 78.8 Å². The molecule has 0 radical (unpaired) electrons. The molecular formula is C39H40N6O3. The van der Waals surface area contributed by atoms with Crippen molar-refractivity contribution in [3.05, 3.63) is 113 Å². The van der Waals surface area contributed by atoms with E-state index in [1.165, 1.54) is 0 Å². The van der Waals surface area contributed by atoms with Crippen molar-refractivity contribution in [2.24, 2.45) is 5.92 Å². The van der Waals surface area contributed by atoms with Crippen molar-refractivity contribution in [2.45, 2.75) is 56.7 Å². The molecule has 4 N–H and O–H groups in total. The number of carbonyl (C=O) groups excluding carboxylic acids is 3. The first-order valence-corrected chi connectivity index (χ1v) is 17.0. The van der Waals surface area contributed by atoms with Crippen LogP contribution in [-0.2, 0) is 9.59 Å². The Bertz CT molecular complexity index is 1810. The summed E-state index contributed by atoms with van der Waals surface area (Å²) >= 11 is 0. The second-order valence-corrected chi connectivity index (χ2v) is 12.9. The SMILES string of the molecule is O=C(NC[C@@H]1CCCN1)c1ccc(C#Cc2ccc(-c3cnc([C@@H]4CCCN4C(=O)[C@H](NC(=O)C4CC4)c4ccccc4)[nH]3)cc2)cc1. The van der Waals surface area contributed by atoms with Crippen LogP contribution in [0.4, 0.5) is 0 Å². The molecule has 3 aliphatic rings. The molecule has 0 unspecified atom stereocenters. The van der Waals surface area contributed by atoms with E-state index in [1.807, 2.05) is 90.0 Å². The Kier molecular flexibility index (Phi) is 9.34. The van der Waals surface area contributed by atoms with Crippen LogP contribution in [0.3, 0.4) is 0 Å². The Hall–Kier alpha value is -5.20. The largest absolute Gasteiger partial charge is 0.350 e. The summed E-state index contributed by atoms with van der Waals surface area (Å²) in [7, 11) is 0. The number of rotatable bonds is 9. The van der Waals surface area contributed by atoms with Crippen LogP contribution in [0.2, 0.25) is 0 Å². The van der Waals surface area contributed by atoms with Gasteiger partial charge in [0, 0.05) is 41.7 Å². The third-order valence-corrected chi connectivity index (χ3v) is 9.43. The van der Waals surface area contributed by atoms with E-state index >= 15 is 0 Å². The zero-order chi connectivity index (χ0) is 32.9. The highest BCUT2D eigenvalue weighted by molar-refractivity contribution is 5.94. The molecule has 3 heterocycles. The first kappa shape index (κ1) is 31.4. The van der Waals surface area contributed by atoms with Crippen molar-refractivity contribution < 1.29 is 14.4 Å². The van der Waals surface area contributed by atoms with E-state index in [1.54, 1.807) is 0 Å². The topological polar surface area (TPSA) is 119 Å². The van der Waals surface area contributed by atoms with Gasteiger partial charge in [-0.05, 0) is 92.6 Å². The minimum absolute atomic E-state index is 0.0124. The van der Waals surface area contributed by atoms with Crippen molar-refractivity contribution in [3.63, 3.8) is 0 Å². The van der Waals surface area contributed by atoms with Crippen molar-refractivity contribution in [1.29, 1.82) is 0 Å². The third-order valence-electron chi connectivity index (χ3n) is 9.43. The van der Waals surface area contributed by atoms with Gasteiger partial charge in [-0.3, -0.25) is 14.4 Å². The minimum Gasteiger partial charge on any atom is -0.350 e. The van der Waals surface area contributed by atoms with Crippen LogP contribution in [0.15, 0.2) is 85.1 Å². The molecule has 2 saturated heterocycles. The number of likely N-dealkylation sites (tertiary alicyclic amines) is 1. The molecule has 7 rings (SSSR count). The van der Waals surface area contributed by atoms with Crippen LogP contribution >= 0.6 is 0 Å². The number of carbonyl (C=O) groups is 3. The van der Waals surface area contributed by atoms with Gasteiger partial charge in [0.2, 0.25) is 11.8 Å². The Morgan fingerprint density at radius 1 is 0.875 bits per heavy atom. The highest BCUT2D eigenvalue weighted by Crippen LogP contribution is 2.35. The number of aromatic nitrogens is 2. The fourth-order valence-electron chi connectivity index (χ4n) is 6.50. The highest BCUT2D eigenvalue weighted by Gasteiger charge is 2.39. The number of H-pyrrole nitrogens is 1. The number of imidazole rings is 1. The predicted octanol–water partition coefficient (Wildman–Crippen LogP) is 4.89. The number of benzene rings is 3. The number of amides is 3. The summed E-state index contributed by atoms with van der Waals surface area (Å²) in [6, 6.07) is 24.3. The molecule has 3 aromatic carbocycles. The van der Waals surface area contributed by atoms with Crippen LogP contribution in [0.25, 0.3) is 11.3 Å². The first-order valence-electron chi connectivity index (χ1n) is 17.0. The minimum atomic E-state index is -0.718. The number of hydrogen-bond donors (Lipinski definition) is 4. The van der Waals surface area contributed by atoms with Crippen LogP contribution < -0.4 is 16.0 Å². The van der Waals surface area contributed by atoms with Gasteiger partial charge in [-0.2, -0.15) is 0 Å². The summed E-state index contributed by atoms with van der Waals surface area (Å²) in [6.07, 6.45) is 7.49. The summed E-state index contributed by atoms with van der Waals surface area (Å²) in [5.41, 5.74) is 4.96. The summed E-state index contributed by atoms with van der Waals surface area (Å²) in [4.78, 5) is 49.2. The van der Waals surface area contributed by atoms with E-state index in [4.69, 9.17) is 4.98 Å². The smallest absolute Gasteiger partial charge is 0.251 e. The lowest BCUT2D eigenvalue weighted by Gasteiger charge is -2.28. The average molecular weight is 641 g/mol. The molecule has 0 bridgehead atoms. The summed E-state index contributed by atoms with van der Waals surface area (Å²) in [5, 5.41) is 9.43. The van der Waals surface area contributed by atoms with Crippen molar-refractivity contribution >= 4 is 17.7 Å². The summed E-state index contributed by atoms with van der Waals surface area (Å²) in [5.74, 6) is 6.93. The van der Waals surface area contributed by atoms with Crippen LogP contribution in [0.1, 0.15) is 83.5 Å². The maximum Gasteiger partial charge on any atom is 0.251 e. The molecule has 3 amide bonds. The second-order valence-electron chi connectivity index (χ2n) is 12.9. The van der Waals surface area contributed by atoms with Gasteiger partial charge in [0.25, 0.3) is 5.91 Å². The lowest BCUT2D eigenvalue weighted by molar-refractivity contribution is -0.137. The fraction of sp³-hybridized carbons (Fsp3) is 0.333. The van der Waals surface area contributed by atoms with Crippen molar-refractivity contribution in [2.75, 3.05) is 19.6 Å². The second kappa shape index (κ2) is 14.3. The van der Waals surface area contributed by atoms with Gasteiger partial charge in [0.1, 0.15) is 11.9 Å². The molecule has 9 nitrogen and oxygen atoms in total. The van der Waals surface area contributed by atoms with Gasteiger partial charge in [-0.1, -0.05) is 54.3 Å². The third kappa shape index (κ3) is 7.35. The van der Waals surface area contributed by atoms with E-state index in [2.05, 4.69) is 32.8 Å². The van der Waals surface area contributed by atoms with E-state index in [0.29, 0.717) is 24.7 Å². The number of nitrogens with one attached hydrogen (secondary N) is 4. The van der Waals surface area contributed by atoms with Gasteiger partial charge in [0.05, 0.1) is 17.9 Å². The van der Waals surface area contributed by atoms with Gasteiger partial charge < -0.3 is 25.8 Å². The molecule has 3 fully saturated rings. The average Bonchev–Trinajstić information content (AvgIpc) is 3.46. The normalized spacial score (nSPS) is 19.3. The Labute approximate surface area is 280 Å². The maximum atomic E-state index is 13.9. The lowest BCUT2D eigenvalue weighted by Crippen LogP contribution is -2.43. The first-order chi connectivity index (χ1) is 23.5. The zero-order valence-electron chi connectivity index (χ0n) is 26.9. The Balaban J connectivity index is 0.987. The standard InChI is InChI=1S/C39H40N6O3/c46-37(42-24-32-8-4-22-40-32)30-18-14-27(15-19-30)11-10-26-12-16-28(17-13-26)33-25-41-36(43-33)34-9-5-23-45(34)39(48)35(29-6-2-1-3-7-29)44-38(47)31-20-21-31/h1-3,6-7,12-19,25,31-32,34-35,40H,4-5,8-9,20-24H2,(H,41,43)(H,42,46)(H,44,47)/t32-,34-,35+/m0/s1. The fourth-order valence-corrected chi connectivity index (χ4v) is 6.50. The zero-order valence-corrected chi connectivity index (χ0v) is 26.9. The van der Waals surface area contributed by atoms with Crippen LogP contribution in [-0.4, -0.2) is 58.3 Å². The summed E-state index contributed by atoms with van der Waals surface area (Å²) < 4.78 is 0. The molecule has 4 aromatic rings. The van der Waals surface area contributed by atoms with E-state index in [-0.39, 0.29) is 29.7 Å². The summed E-state index contributed by atoms with van der Waals surface area (Å²) in [6.45, 7) is 2.28. The molecule has 48 heavy (non-hydrogen) atoms. The quantitative estimate of drug-likeness (QED) is 0.194. The molecule has 1 aromatic heterocycles. The molecule has 1 saturated carbocycles. The van der Waals surface area contributed by atoms with Crippen molar-refractivity contribution in [3.8, 4) is 23.1 Å². The Morgan fingerprint density at radius 2 is 1.60 bits per heavy atom. The van der Waals surface area contributed by atoms with Gasteiger partial charge in [-0.15, -0.1) is 0 Å². The molecule has 0 spiro atoms. The van der Waals surface area contributed by atoms with Crippen molar-refractivity contribution in [1.82, 2.24) is 30.8 Å². The van der Waals surface area contributed by atoms with Gasteiger partial charge in [0.15, 0.2) is 0 Å². The van der Waals surface area contributed by atoms with Crippen LogP contribution in [0.5, 0.6) is 0 Å². The molecule has 2 aliphatic heterocycles. The molecule has 3 atom stereocenters. The maximum absolute atomic E-state index is 13.9. The molecule has 244 valence electrons. The van der Waals surface area contributed by atoms with Gasteiger partial charge >= 0.3 is 0 Å². The van der Waals surface area contributed by atoms with Crippen LogP contribution in [0, 0.1) is 17.8 Å². The molecule has 9 heteroatoms. The molecule has 1 aliphatic carbocycles. The van der Waals surface area contributed by atoms with E-state index in [9.17, 15) is 14.4 Å². The highest BCUT2D eigenvalue weighted by atomic mass is 16.2. The predicted molar refractivity (Wildman–Crippen MR) is 184 cm³/mol. The lowest BCUT2D eigenvalue weighted by atomic mass is 10.0. The monoisotopic (exact) mass is 640 g/mol.